The molecule has 1 fully saturated rings. The van der Waals surface area contributed by atoms with Gasteiger partial charge in [-0.2, -0.15) is 17.5 Å². The molecule has 1 aromatic carbocycles. The first-order valence-corrected chi connectivity index (χ1v) is 8.08. The fourth-order valence-corrected chi connectivity index (χ4v) is 3.88. The first-order chi connectivity index (χ1) is 10.1. The Hall–Kier alpha value is -1.32. The number of nitrogens with zero attached hydrogens (tertiary/aromatic N) is 1. The van der Waals surface area contributed by atoms with Crippen LogP contribution in [0.2, 0.25) is 5.02 Å². The van der Waals surface area contributed by atoms with Gasteiger partial charge in [0.25, 0.3) is 0 Å². The zero-order chi connectivity index (χ0) is 16.5. The highest BCUT2D eigenvalue weighted by atomic mass is 35.5. The van der Waals surface area contributed by atoms with Gasteiger partial charge >= 0.3 is 6.18 Å². The molecule has 0 saturated carbocycles. The van der Waals surface area contributed by atoms with E-state index in [1.807, 2.05) is 0 Å². The summed E-state index contributed by atoms with van der Waals surface area (Å²) in [7, 11) is -4.38. The molecule has 2 rings (SSSR count). The number of hydrogen-bond donors (Lipinski definition) is 1. The zero-order valence-electron chi connectivity index (χ0n) is 11.2. The maximum Gasteiger partial charge on any atom is 0.417 e. The fourth-order valence-electron chi connectivity index (χ4n) is 2.07. The van der Waals surface area contributed by atoms with Gasteiger partial charge in [0.1, 0.15) is 0 Å². The molecule has 0 aromatic heterocycles. The second kappa shape index (κ2) is 6.05. The highest BCUT2D eigenvalue weighted by Crippen LogP contribution is 2.36. The molecular weight excluding hydrogens is 345 g/mol. The van der Waals surface area contributed by atoms with Crippen molar-refractivity contribution in [2.45, 2.75) is 17.5 Å². The van der Waals surface area contributed by atoms with Gasteiger partial charge in [-0.15, -0.1) is 0 Å². The van der Waals surface area contributed by atoms with E-state index in [2.05, 4.69) is 5.32 Å². The minimum atomic E-state index is -4.85. The van der Waals surface area contributed by atoms with E-state index in [0.717, 1.165) is 16.4 Å². The number of carbonyl (C=O) groups excluding carboxylic acids is 1. The van der Waals surface area contributed by atoms with Crippen LogP contribution in [-0.4, -0.2) is 38.3 Å². The number of alkyl halides is 3. The Balaban J connectivity index is 2.47. The minimum absolute atomic E-state index is 0.0486. The largest absolute Gasteiger partial charge is 0.417 e. The summed E-state index contributed by atoms with van der Waals surface area (Å²) in [4.78, 5) is 10.4. The van der Waals surface area contributed by atoms with Gasteiger partial charge in [0.05, 0.1) is 10.5 Å². The third kappa shape index (κ3) is 3.53. The third-order valence-electron chi connectivity index (χ3n) is 3.14. The molecule has 0 bridgehead atoms. The second-order valence-electron chi connectivity index (χ2n) is 4.64. The standard InChI is InChI=1S/C12H12ClF3N2O3S/c13-8-1-2-10(9(7-8)12(14,15)16)22(20,21)18-5-3-11(19)17-4-6-18/h1-2,7H,3-6H2,(H,17,19). The maximum absolute atomic E-state index is 13.1. The van der Waals surface area contributed by atoms with Crippen LogP contribution >= 0.6 is 11.6 Å². The van der Waals surface area contributed by atoms with Gasteiger partial charge in [-0.25, -0.2) is 8.42 Å². The highest BCUT2D eigenvalue weighted by molar-refractivity contribution is 7.89. The van der Waals surface area contributed by atoms with Gasteiger partial charge in [-0.05, 0) is 18.2 Å². The molecule has 0 atom stereocenters. The average Bonchev–Trinajstić information content (AvgIpc) is 2.62. The van der Waals surface area contributed by atoms with Crippen molar-refractivity contribution < 1.29 is 26.4 Å². The Labute approximate surface area is 130 Å². The smallest absolute Gasteiger partial charge is 0.355 e. The molecule has 0 spiro atoms. The lowest BCUT2D eigenvalue weighted by molar-refractivity contribution is -0.140. The van der Waals surface area contributed by atoms with E-state index in [4.69, 9.17) is 11.6 Å². The summed E-state index contributed by atoms with van der Waals surface area (Å²) in [6.07, 6.45) is -4.96. The van der Waals surface area contributed by atoms with E-state index in [1.54, 1.807) is 0 Å². The number of carbonyl (C=O) groups is 1. The molecule has 10 heteroatoms. The molecule has 1 aliphatic heterocycles. The summed E-state index contributed by atoms with van der Waals surface area (Å²) in [5.41, 5.74) is -1.32. The molecule has 1 saturated heterocycles. The molecule has 1 aromatic rings. The molecular formula is C12H12ClF3N2O3S. The highest BCUT2D eigenvalue weighted by Gasteiger charge is 2.39. The van der Waals surface area contributed by atoms with Gasteiger partial charge in [-0.3, -0.25) is 4.79 Å². The topological polar surface area (TPSA) is 66.5 Å². The van der Waals surface area contributed by atoms with Crippen molar-refractivity contribution in [3.8, 4) is 0 Å². The number of amides is 1. The lowest BCUT2D eigenvalue weighted by Crippen LogP contribution is -2.35. The van der Waals surface area contributed by atoms with Crippen molar-refractivity contribution in [3.05, 3.63) is 28.8 Å². The van der Waals surface area contributed by atoms with Crippen LogP contribution in [0.15, 0.2) is 23.1 Å². The summed E-state index contributed by atoms with van der Waals surface area (Å²) in [6.45, 7) is -0.213. The molecule has 122 valence electrons. The molecule has 5 nitrogen and oxygen atoms in total. The van der Waals surface area contributed by atoms with Crippen molar-refractivity contribution in [1.82, 2.24) is 9.62 Å². The summed E-state index contributed by atoms with van der Waals surface area (Å²) in [5.74, 6) is -0.343. The monoisotopic (exact) mass is 356 g/mol. The Morgan fingerprint density at radius 3 is 2.55 bits per heavy atom. The lowest BCUT2D eigenvalue weighted by Gasteiger charge is -2.22. The van der Waals surface area contributed by atoms with E-state index in [-0.39, 0.29) is 37.0 Å². The Morgan fingerprint density at radius 1 is 1.23 bits per heavy atom. The normalized spacial score (nSPS) is 17.9. The predicted octanol–water partition coefficient (Wildman–Crippen LogP) is 1.87. The van der Waals surface area contributed by atoms with E-state index in [1.165, 1.54) is 0 Å². The molecule has 1 heterocycles. The van der Waals surface area contributed by atoms with Crippen LogP contribution in [0.1, 0.15) is 12.0 Å². The molecule has 1 amide bonds. The quantitative estimate of drug-likeness (QED) is 0.879. The Bertz CT molecular complexity index is 691. The van der Waals surface area contributed by atoms with Crippen LogP contribution in [0.25, 0.3) is 0 Å². The van der Waals surface area contributed by atoms with Crippen LogP contribution in [0.5, 0.6) is 0 Å². The summed E-state index contributed by atoms with van der Waals surface area (Å²) >= 11 is 5.54. The van der Waals surface area contributed by atoms with Gasteiger partial charge in [0.2, 0.25) is 15.9 Å². The molecule has 1 aliphatic rings. The van der Waals surface area contributed by atoms with Gasteiger partial charge < -0.3 is 5.32 Å². The maximum atomic E-state index is 13.1. The Morgan fingerprint density at radius 2 is 1.91 bits per heavy atom. The minimum Gasteiger partial charge on any atom is -0.355 e. The van der Waals surface area contributed by atoms with E-state index < -0.39 is 26.7 Å². The zero-order valence-corrected chi connectivity index (χ0v) is 12.7. The fraction of sp³-hybridized carbons (Fsp3) is 0.417. The van der Waals surface area contributed by atoms with Crippen LogP contribution in [0.4, 0.5) is 13.2 Å². The third-order valence-corrected chi connectivity index (χ3v) is 5.33. The number of sulfonamides is 1. The number of benzene rings is 1. The lowest BCUT2D eigenvalue weighted by atomic mass is 10.2. The van der Waals surface area contributed by atoms with Crippen molar-refractivity contribution >= 4 is 27.5 Å². The first-order valence-electron chi connectivity index (χ1n) is 6.26. The van der Waals surface area contributed by atoms with Crippen LogP contribution in [-0.2, 0) is 21.0 Å². The average molecular weight is 357 g/mol. The Kier molecular flexibility index (Phi) is 4.69. The number of rotatable bonds is 2. The molecule has 22 heavy (non-hydrogen) atoms. The van der Waals surface area contributed by atoms with Crippen molar-refractivity contribution in [2.24, 2.45) is 0 Å². The predicted molar refractivity (Wildman–Crippen MR) is 72.8 cm³/mol. The first kappa shape index (κ1) is 17.0. The van der Waals surface area contributed by atoms with Crippen LogP contribution in [0, 0.1) is 0 Å². The summed E-state index contributed by atoms with van der Waals surface area (Å²) in [6, 6.07) is 2.50. The van der Waals surface area contributed by atoms with E-state index in [0.29, 0.717) is 6.07 Å². The second-order valence-corrected chi connectivity index (χ2v) is 6.99. The number of nitrogens with one attached hydrogen (secondary N) is 1. The van der Waals surface area contributed by atoms with Crippen molar-refractivity contribution in [1.29, 1.82) is 0 Å². The molecule has 1 N–H and O–H groups in total. The number of hydrogen-bond acceptors (Lipinski definition) is 3. The van der Waals surface area contributed by atoms with E-state index in [9.17, 15) is 26.4 Å². The molecule has 0 aliphatic carbocycles. The van der Waals surface area contributed by atoms with Crippen molar-refractivity contribution in [3.63, 3.8) is 0 Å². The van der Waals surface area contributed by atoms with Crippen molar-refractivity contribution in [2.75, 3.05) is 19.6 Å². The molecule has 0 unspecified atom stereocenters. The SMILES string of the molecule is O=C1CCN(S(=O)(=O)c2ccc(Cl)cc2C(F)(F)F)CCN1. The van der Waals surface area contributed by atoms with E-state index >= 15 is 0 Å². The number of halogens is 4. The van der Waals surface area contributed by atoms with Gasteiger partial charge in [-0.1, -0.05) is 11.6 Å². The molecule has 0 radical (unpaired) electrons. The van der Waals surface area contributed by atoms with Crippen LogP contribution in [0.3, 0.4) is 0 Å². The van der Waals surface area contributed by atoms with Gasteiger partial charge in [0, 0.05) is 31.1 Å². The van der Waals surface area contributed by atoms with Gasteiger partial charge in [0.15, 0.2) is 0 Å². The summed E-state index contributed by atoms with van der Waals surface area (Å²) in [5, 5.41) is 2.25. The summed E-state index contributed by atoms with van der Waals surface area (Å²) < 4.78 is 65.0. The van der Waals surface area contributed by atoms with Crippen LogP contribution < -0.4 is 5.32 Å².